The van der Waals surface area contributed by atoms with Crippen LogP contribution in [0.4, 0.5) is 11.6 Å². The van der Waals surface area contributed by atoms with E-state index >= 15 is 0 Å². The van der Waals surface area contributed by atoms with Crippen LogP contribution in [0, 0.1) is 0 Å². The number of carbonyl (C=O) groups excluding carboxylic acids is 1. The molecule has 0 saturated carbocycles. The highest BCUT2D eigenvalue weighted by molar-refractivity contribution is 6.35. The summed E-state index contributed by atoms with van der Waals surface area (Å²) in [5, 5.41) is 8.36. The van der Waals surface area contributed by atoms with Gasteiger partial charge in [-0.3, -0.25) is 14.5 Å². The molecule has 0 aliphatic carbocycles. The van der Waals surface area contributed by atoms with Gasteiger partial charge in [-0.15, -0.1) is 0 Å². The van der Waals surface area contributed by atoms with E-state index in [1.54, 1.807) is 23.1 Å². The van der Waals surface area contributed by atoms with E-state index in [1.807, 2.05) is 31.3 Å². The van der Waals surface area contributed by atoms with Crippen molar-refractivity contribution in [1.82, 2.24) is 24.7 Å². The highest BCUT2D eigenvalue weighted by Crippen LogP contribution is 2.35. The summed E-state index contributed by atoms with van der Waals surface area (Å²) < 4.78 is 1.66. The lowest BCUT2D eigenvalue weighted by Gasteiger charge is -2.13. The summed E-state index contributed by atoms with van der Waals surface area (Å²) in [6.07, 6.45) is 3.49. The van der Waals surface area contributed by atoms with Crippen molar-refractivity contribution >= 4 is 40.0 Å². The Hall–Kier alpha value is -3.52. The largest absolute Gasteiger partial charge is 0.381 e. The van der Waals surface area contributed by atoms with E-state index in [-0.39, 0.29) is 17.5 Å². The predicted octanol–water partition coefficient (Wildman–Crippen LogP) is 3.29. The fourth-order valence-corrected chi connectivity index (χ4v) is 3.19. The number of nitrogen functional groups attached to an aromatic ring is 1. The number of nitrogens with one attached hydrogen (secondary N) is 1. The Morgan fingerprint density at radius 1 is 1.21 bits per heavy atom. The molecule has 4 rings (SSSR count). The molecule has 28 heavy (non-hydrogen) atoms. The normalized spacial score (nSPS) is 11.0. The Balaban J connectivity index is 1.99. The standard InChI is InChI=1S/C19H16ClN7O/c1-10(28)23-19-18(21)24-17(14-5-7-27(2)26-14)16(25-19)12-8-11-4-3-6-22-15(11)13(20)9-12/h3-9H,1-2H3,(H2,21,24)(H,23,25,28). The molecule has 0 aliphatic heterocycles. The van der Waals surface area contributed by atoms with Crippen molar-refractivity contribution < 1.29 is 4.79 Å². The van der Waals surface area contributed by atoms with Crippen LogP contribution in [0.3, 0.4) is 0 Å². The Morgan fingerprint density at radius 3 is 2.75 bits per heavy atom. The molecule has 8 nitrogen and oxygen atoms in total. The number of nitrogens with zero attached hydrogens (tertiary/aromatic N) is 5. The zero-order valence-electron chi connectivity index (χ0n) is 15.1. The second-order valence-corrected chi connectivity index (χ2v) is 6.65. The molecule has 0 aliphatic rings. The fourth-order valence-electron chi connectivity index (χ4n) is 2.91. The lowest BCUT2D eigenvalue weighted by Crippen LogP contribution is -2.12. The molecule has 3 aromatic heterocycles. The number of aromatic nitrogens is 5. The van der Waals surface area contributed by atoms with Gasteiger partial charge in [-0.1, -0.05) is 17.7 Å². The van der Waals surface area contributed by atoms with Gasteiger partial charge in [-0.2, -0.15) is 5.10 Å². The van der Waals surface area contributed by atoms with Crippen LogP contribution in [0.5, 0.6) is 0 Å². The van der Waals surface area contributed by atoms with E-state index in [4.69, 9.17) is 17.3 Å². The minimum absolute atomic E-state index is 0.105. The molecule has 0 unspecified atom stereocenters. The third kappa shape index (κ3) is 3.25. The lowest BCUT2D eigenvalue weighted by atomic mass is 10.0. The van der Waals surface area contributed by atoms with Gasteiger partial charge in [-0.05, 0) is 24.3 Å². The number of anilines is 2. The molecule has 0 fully saturated rings. The quantitative estimate of drug-likeness (QED) is 0.552. The molecule has 0 saturated heterocycles. The number of pyridine rings is 1. The summed E-state index contributed by atoms with van der Waals surface area (Å²) in [6, 6.07) is 9.24. The van der Waals surface area contributed by atoms with Crippen molar-refractivity contribution in [3.05, 3.63) is 47.7 Å². The minimum atomic E-state index is -0.293. The van der Waals surface area contributed by atoms with E-state index in [9.17, 15) is 4.79 Å². The summed E-state index contributed by atoms with van der Waals surface area (Å²) in [6.45, 7) is 1.38. The second kappa shape index (κ2) is 6.90. The average Bonchev–Trinajstić information content (AvgIpc) is 3.09. The Kier molecular flexibility index (Phi) is 4.40. The monoisotopic (exact) mass is 393 g/mol. The third-order valence-electron chi connectivity index (χ3n) is 4.11. The van der Waals surface area contributed by atoms with E-state index in [1.165, 1.54) is 6.92 Å². The maximum absolute atomic E-state index is 11.5. The SMILES string of the molecule is CC(=O)Nc1nc(-c2cc(Cl)c3ncccc3c2)c(-c2ccn(C)n2)nc1N. The van der Waals surface area contributed by atoms with Crippen LogP contribution in [0.15, 0.2) is 42.7 Å². The summed E-state index contributed by atoms with van der Waals surface area (Å²) in [7, 11) is 1.81. The van der Waals surface area contributed by atoms with E-state index in [0.29, 0.717) is 33.2 Å². The van der Waals surface area contributed by atoms with Crippen molar-refractivity contribution in [2.75, 3.05) is 11.1 Å². The zero-order valence-corrected chi connectivity index (χ0v) is 15.9. The number of carbonyl (C=O) groups is 1. The first-order valence-corrected chi connectivity index (χ1v) is 8.80. The number of fused-ring (bicyclic) bond motifs is 1. The molecule has 9 heteroatoms. The van der Waals surface area contributed by atoms with Crippen molar-refractivity contribution in [3.63, 3.8) is 0 Å². The van der Waals surface area contributed by atoms with Crippen molar-refractivity contribution in [2.45, 2.75) is 6.92 Å². The molecule has 1 amide bonds. The third-order valence-corrected chi connectivity index (χ3v) is 4.39. The van der Waals surface area contributed by atoms with Crippen LogP contribution in [0.2, 0.25) is 5.02 Å². The highest BCUT2D eigenvalue weighted by Gasteiger charge is 2.19. The number of aryl methyl sites for hydroxylation is 1. The molecule has 4 aromatic rings. The van der Waals surface area contributed by atoms with Gasteiger partial charge in [0.25, 0.3) is 0 Å². The number of amides is 1. The first kappa shape index (κ1) is 17.9. The second-order valence-electron chi connectivity index (χ2n) is 6.24. The molecular formula is C19H16ClN7O. The Bertz CT molecular complexity index is 1220. The molecule has 0 spiro atoms. The molecule has 0 radical (unpaired) electrons. The number of hydrogen-bond acceptors (Lipinski definition) is 6. The molecule has 3 N–H and O–H groups in total. The van der Waals surface area contributed by atoms with Gasteiger partial charge in [0, 0.05) is 37.3 Å². The van der Waals surface area contributed by atoms with Crippen LogP contribution >= 0.6 is 11.6 Å². The summed E-state index contributed by atoms with van der Waals surface area (Å²) in [5.74, 6) is -0.00368. The minimum Gasteiger partial charge on any atom is -0.381 e. The molecule has 3 heterocycles. The van der Waals surface area contributed by atoms with E-state index in [2.05, 4.69) is 25.4 Å². The Labute approximate surface area is 165 Å². The van der Waals surface area contributed by atoms with Crippen molar-refractivity contribution in [3.8, 4) is 22.6 Å². The molecular weight excluding hydrogens is 378 g/mol. The first-order valence-electron chi connectivity index (χ1n) is 8.42. The van der Waals surface area contributed by atoms with Gasteiger partial charge in [-0.25, -0.2) is 9.97 Å². The van der Waals surface area contributed by atoms with Gasteiger partial charge in [0.2, 0.25) is 5.91 Å². The molecule has 0 bridgehead atoms. The average molecular weight is 394 g/mol. The van der Waals surface area contributed by atoms with Gasteiger partial charge in [0.15, 0.2) is 11.6 Å². The number of rotatable bonds is 3. The van der Waals surface area contributed by atoms with Gasteiger partial charge in [0.05, 0.1) is 10.5 Å². The van der Waals surface area contributed by atoms with Crippen molar-refractivity contribution in [1.29, 1.82) is 0 Å². The maximum Gasteiger partial charge on any atom is 0.222 e. The van der Waals surface area contributed by atoms with Crippen LogP contribution in [-0.2, 0) is 11.8 Å². The number of hydrogen-bond donors (Lipinski definition) is 2. The van der Waals surface area contributed by atoms with Crippen LogP contribution < -0.4 is 11.1 Å². The lowest BCUT2D eigenvalue weighted by molar-refractivity contribution is -0.114. The van der Waals surface area contributed by atoms with Crippen LogP contribution in [0.1, 0.15) is 6.92 Å². The summed E-state index contributed by atoms with van der Waals surface area (Å²) in [4.78, 5) is 24.9. The molecule has 140 valence electrons. The topological polar surface area (TPSA) is 112 Å². The zero-order chi connectivity index (χ0) is 19.8. The summed E-state index contributed by atoms with van der Waals surface area (Å²) >= 11 is 6.45. The fraction of sp³-hybridized carbons (Fsp3) is 0.105. The van der Waals surface area contributed by atoms with Gasteiger partial charge >= 0.3 is 0 Å². The van der Waals surface area contributed by atoms with Gasteiger partial charge in [0.1, 0.15) is 17.1 Å². The number of benzene rings is 1. The maximum atomic E-state index is 11.5. The predicted molar refractivity (Wildman–Crippen MR) is 109 cm³/mol. The van der Waals surface area contributed by atoms with E-state index in [0.717, 1.165) is 5.39 Å². The van der Waals surface area contributed by atoms with E-state index < -0.39 is 0 Å². The summed E-state index contributed by atoms with van der Waals surface area (Å²) in [5.41, 5.74) is 9.03. The van der Waals surface area contributed by atoms with Crippen molar-refractivity contribution in [2.24, 2.45) is 7.05 Å². The molecule has 0 atom stereocenters. The Morgan fingerprint density at radius 2 is 2.04 bits per heavy atom. The van der Waals surface area contributed by atoms with Crippen LogP contribution in [0.25, 0.3) is 33.5 Å². The van der Waals surface area contributed by atoms with Gasteiger partial charge < -0.3 is 11.1 Å². The smallest absolute Gasteiger partial charge is 0.222 e. The molecule has 1 aromatic carbocycles. The van der Waals surface area contributed by atoms with Crippen LogP contribution in [-0.4, -0.2) is 30.6 Å². The first-order chi connectivity index (χ1) is 13.4. The highest BCUT2D eigenvalue weighted by atomic mass is 35.5. The number of halogens is 1. The number of nitrogens with two attached hydrogens (primary N) is 1.